The van der Waals surface area contributed by atoms with Gasteiger partial charge >= 0.3 is 12.0 Å². The van der Waals surface area contributed by atoms with Crippen LogP contribution in [0, 0.1) is 5.82 Å². The highest BCUT2D eigenvalue weighted by Gasteiger charge is 2.18. The minimum Gasteiger partial charge on any atom is -0.449 e. The Hall–Kier alpha value is -3.42. The zero-order valence-corrected chi connectivity index (χ0v) is 14.7. The number of carbonyl (C=O) groups is 3. The second kappa shape index (κ2) is 9.33. The van der Waals surface area contributed by atoms with E-state index >= 15 is 0 Å². The molecule has 0 spiro atoms. The quantitative estimate of drug-likeness (QED) is 0.646. The van der Waals surface area contributed by atoms with Crippen molar-refractivity contribution < 1.29 is 23.5 Å². The first kappa shape index (κ1) is 19.9. The number of amides is 3. The van der Waals surface area contributed by atoms with Crippen molar-refractivity contribution in [2.45, 2.75) is 19.4 Å². The topological polar surface area (TPSA) is 111 Å². The molecule has 7 nitrogen and oxygen atoms in total. The molecule has 0 aliphatic rings. The minimum atomic E-state index is -1.00. The van der Waals surface area contributed by atoms with Gasteiger partial charge in [-0.05, 0) is 49.2 Å². The highest BCUT2D eigenvalue weighted by Crippen LogP contribution is 2.12. The minimum absolute atomic E-state index is 0.173. The molecule has 8 heteroatoms. The van der Waals surface area contributed by atoms with Crippen LogP contribution in [-0.4, -0.2) is 30.6 Å². The molecule has 0 radical (unpaired) electrons. The van der Waals surface area contributed by atoms with Crippen molar-refractivity contribution in [2.75, 3.05) is 11.9 Å². The van der Waals surface area contributed by atoms with E-state index in [0.717, 1.165) is 5.56 Å². The number of primary amides is 1. The van der Waals surface area contributed by atoms with E-state index in [1.54, 1.807) is 24.3 Å². The Morgan fingerprint density at radius 2 is 1.85 bits per heavy atom. The van der Waals surface area contributed by atoms with Gasteiger partial charge in [0.05, 0.1) is 5.56 Å². The number of hydrogen-bond acceptors (Lipinski definition) is 4. The first-order valence-corrected chi connectivity index (χ1v) is 8.25. The Labute approximate surface area is 155 Å². The van der Waals surface area contributed by atoms with Crippen LogP contribution in [0.25, 0.3) is 0 Å². The van der Waals surface area contributed by atoms with Crippen LogP contribution in [-0.2, 0) is 16.0 Å². The van der Waals surface area contributed by atoms with Crippen molar-refractivity contribution in [3.63, 3.8) is 0 Å². The van der Waals surface area contributed by atoms with E-state index in [2.05, 4.69) is 10.6 Å². The second-order valence-corrected chi connectivity index (χ2v) is 5.79. The molecule has 2 aromatic carbocycles. The van der Waals surface area contributed by atoms with Crippen LogP contribution in [0.1, 0.15) is 22.8 Å². The number of rotatable bonds is 7. The van der Waals surface area contributed by atoms with Crippen LogP contribution < -0.4 is 16.4 Å². The van der Waals surface area contributed by atoms with Crippen LogP contribution in [0.2, 0.25) is 0 Å². The smallest absolute Gasteiger partial charge is 0.338 e. The van der Waals surface area contributed by atoms with Gasteiger partial charge in [0.1, 0.15) is 5.82 Å². The van der Waals surface area contributed by atoms with Gasteiger partial charge in [0.15, 0.2) is 6.10 Å². The van der Waals surface area contributed by atoms with Crippen molar-refractivity contribution in [1.29, 1.82) is 0 Å². The second-order valence-electron chi connectivity index (χ2n) is 5.79. The van der Waals surface area contributed by atoms with E-state index in [1.807, 2.05) is 0 Å². The molecule has 0 bridgehead atoms. The predicted molar refractivity (Wildman–Crippen MR) is 97.6 cm³/mol. The van der Waals surface area contributed by atoms with Crippen LogP contribution in [0.15, 0.2) is 48.5 Å². The largest absolute Gasteiger partial charge is 0.449 e. The number of nitrogens with two attached hydrogens (primary N) is 1. The van der Waals surface area contributed by atoms with Gasteiger partial charge in [0, 0.05) is 12.2 Å². The molecule has 2 aromatic rings. The SMILES string of the molecule is C[C@H](OC(=O)c1cccc(NC(N)=O)c1)C(=O)NCCc1ccc(F)cc1. The molecule has 0 aliphatic carbocycles. The number of esters is 1. The Morgan fingerprint density at radius 3 is 2.52 bits per heavy atom. The van der Waals surface area contributed by atoms with Crippen LogP contribution >= 0.6 is 0 Å². The molecule has 3 amide bonds. The van der Waals surface area contributed by atoms with Gasteiger partial charge in [0.2, 0.25) is 0 Å². The van der Waals surface area contributed by atoms with Gasteiger partial charge in [-0.1, -0.05) is 18.2 Å². The lowest BCUT2D eigenvalue weighted by atomic mass is 10.1. The molecule has 27 heavy (non-hydrogen) atoms. The maximum Gasteiger partial charge on any atom is 0.338 e. The van der Waals surface area contributed by atoms with Crippen molar-refractivity contribution in [3.8, 4) is 0 Å². The van der Waals surface area contributed by atoms with Gasteiger partial charge < -0.3 is 21.1 Å². The fourth-order valence-electron chi connectivity index (χ4n) is 2.27. The van der Waals surface area contributed by atoms with Crippen molar-refractivity contribution in [3.05, 3.63) is 65.5 Å². The summed E-state index contributed by atoms with van der Waals surface area (Å²) in [5.41, 5.74) is 6.42. The Kier molecular flexibility index (Phi) is 6.87. The summed E-state index contributed by atoms with van der Waals surface area (Å²) < 4.78 is 18.0. The summed E-state index contributed by atoms with van der Waals surface area (Å²) in [5.74, 6) is -1.47. The molecule has 0 aromatic heterocycles. The Bertz CT molecular complexity index is 824. The maximum absolute atomic E-state index is 12.8. The van der Waals surface area contributed by atoms with E-state index < -0.39 is 24.0 Å². The Morgan fingerprint density at radius 1 is 1.15 bits per heavy atom. The van der Waals surface area contributed by atoms with E-state index in [4.69, 9.17) is 10.5 Å². The first-order chi connectivity index (χ1) is 12.8. The summed E-state index contributed by atoms with van der Waals surface area (Å²) in [6.07, 6.45) is -0.480. The molecule has 0 saturated heterocycles. The number of hydrogen-bond donors (Lipinski definition) is 3. The van der Waals surface area contributed by atoms with Gasteiger partial charge in [0.25, 0.3) is 5.91 Å². The summed E-state index contributed by atoms with van der Waals surface area (Å²) in [5, 5.41) is 5.01. The summed E-state index contributed by atoms with van der Waals surface area (Å²) >= 11 is 0. The lowest BCUT2D eigenvalue weighted by Crippen LogP contribution is -2.36. The molecular formula is C19H20FN3O4. The van der Waals surface area contributed by atoms with Gasteiger partial charge in [-0.2, -0.15) is 0 Å². The third kappa shape index (κ3) is 6.43. The Balaban J connectivity index is 1.83. The fraction of sp³-hybridized carbons (Fsp3) is 0.211. The van der Waals surface area contributed by atoms with E-state index in [-0.39, 0.29) is 11.4 Å². The molecule has 0 saturated carbocycles. The monoisotopic (exact) mass is 373 g/mol. The van der Waals surface area contributed by atoms with E-state index in [9.17, 15) is 18.8 Å². The molecule has 4 N–H and O–H groups in total. The predicted octanol–water partition coefficient (Wildman–Crippen LogP) is 2.22. The highest BCUT2D eigenvalue weighted by molar-refractivity contribution is 5.94. The summed E-state index contributed by atoms with van der Waals surface area (Å²) in [7, 11) is 0. The number of anilines is 1. The highest BCUT2D eigenvalue weighted by atomic mass is 19.1. The fourth-order valence-corrected chi connectivity index (χ4v) is 2.27. The molecular weight excluding hydrogens is 353 g/mol. The lowest BCUT2D eigenvalue weighted by Gasteiger charge is -2.14. The number of ether oxygens (including phenoxy) is 1. The van der Waals surface area contributed by atoms with Gasteiger partial charge in [-0.15, -0.1) is 0 Å². The van der Waals surface area contributed by atoms with Crippen molar-refractivity contribution in [2.24, 2.45) is 5.73 Å². The third-order valence-corrected chi connectivity index (χ3v) is 3.65. The lowest BCUT2D eigenvalue weighted by molar-refractivity contribution is -0.129. The van der Waals surface area contributed by atoms with Crippen molar-refractivity contribution >= 4 is 23.6 Å². The molecule has 0 aliphatic heterocycles. The average Bonchev–Trinajstić information content (AvgIpc) is 2.62. The number of nitrogens with one attached hydrogen (secondary N) is 2. The van der Waals surface area contributed by atoms with Gasteiger partial charge in [-0.25, -0.2) is 14.0 Å². The first-order valence-electron chi connectivity index (χ1n) is 8.25. The van der Waals surface area contributed by atoms with Gasteiger partial charge in [-0.3, -0.25) is 4.79 Å². The molecule has 0 unspecified atom stereocenters. The van der Waals surface area contributed by atoms with Crippen LogP contribution in [0.5, 0.6) is 0 Å². The number of benzene rings is 2. The third-order valence-electron chi connectivity index (χ3n) is 3.65. The summed E-state index contributed by atoms with van der Waals surface area (Å²) in [4.78, 5) is 35.0. The number of carbonyl (C=O) groups excluding carboxylic acids is 3. The molecule has 1 atom stereocenters. The molecule has 0 fully saturated rings. The zero-order valence-electron chi connectivity index (χ0n) is 14.7. The standard InChI is InChI=1S/C19H20FN3O4/c1-12(17(24)22-10-9-13-5-7-15(20)8-6-13)27-18(25)14-3-2-4-16(11-14)23-19(21)26/h2-8,11-12H,9-10H2,1H3,(H,22,24)(H3,21,23,26)/t12-/m0/s1. The molecule has 0 heterocycles. The molecule has 142 valence electrons. The van der Waals surface area contributed by atoms with E-state index in [1.165, 1.54) is 31.2 Å². The average molecular weight is 373 g/mol. The van der Waals surface area contributed by atoms with Crippen LogP contribution in [0.3, 0.4) is 0 Å². The normalized spacial score (nSPS) is 11.3. The number of urea groups is 1. The summed E-state index contributed by atoms with van der Waals surface area (Å²) in [6.45, 7) is 1.78. The molecule has 2 rings (SSSR count). The zero-order chi connectivity index (χ0) is 19.8. The van der Waals surface area contributed by atoms with E-state index in [0.29, 0.717) is 18.7 Å². The van der Waals surface area contributed by atoms with Crippen molar-refractivity contribution in [1.82, 2.24) is 5.32 Å². The number of halogens is 1. The maximum atomic E-state index is 12.8. The van der Waals surface area contributed by atoms with Crippen LogP contribution in [0.4, 0.5) is 14.9 Å². The summed E-state index contributed by atoms with van der Waals surface area (Å²) in [6, 6.07) is 11.2.